The van der Waals surface area contributed by atoms with E-state index >= 15 is 0 Å². The van der Waals surface area contributed by atoms with Crippen molar-refractivity contribution in [3.05, 3.63) is 0 Å². The molecule has 6 nitrogen and oxygen atoms in total. The van der Waals surface area contributed by atoms with Crippen LogP contribution in [0.3, 0.4) is 0 Å². The summed E-state index contributed by atoms with van der Waals surface area (Å²) in [6.45, 7) is 7.20. The molecule has 2 atom stereocenters. The summed E-state index contributed by atoms with van der Waals surface area (Å²) in [7, 11) is 0. The maximum atomic E-state index is 12.0. The quantitative estimate of drug-likeness (QED) is 0.724. The van der Waals surface area contributed by atoms with Crippen LogP contribution in [0.2, 0.25) is 0 Å². The average molecular weight is 314 g/mol. The number of carbonyl (C=O) groups is 2. The van der Waals surface area contributed by atoms with E-state index in [9.17, 15) is 9.59 Å². The first-order valence-electron chi connectivity index (χ1n) is 8.16. The SMILES string of the molecule is C[C@H](NC(=O)O)[C@H](CC1CCCCC1)NC(=O)OC(C)(C)C. The second-order valence-electron chi connectivity index (χ2n) is 7.23. The van der Waals surface area contributed by atoms with E-state index in [1.807, 2.05) is 20.8 Å². The van der Waals surface area contributed by atoms with Crippen molar-refractivity contribution in [2.24, 2.45) is 5.92 Å². The molecule has 0 aromatic rings. The summed E-state index contributed by atoms with van der Waals surface area (Å²) >= 11 is 0. The molecule has 6 heteroatoms. The number of ether oxygens (including phenoxy) is 1. The number of rotatable bonds is 5. The van der Waals surface area contributed by atoms with Crippen molar-refractivity contribution in [3.63, 3.8) is 0 Å². The highest BCUT2D eigenvalue weighted by Gasteiger charge is 2.27. The molecule has 0 unspecified atom stereocenters. The summed E-state index contributed by atoms with van der Waals surface area (Å²) < 4.78 is 5.29. The molecule has 1 rings (SSSR count). The maximum Gasteiger partial charge on any atom is 0.407 e. The predicted octanol–water partition coefficient (Wildman–Crippen LogP) is 3.51. The lowest BCUT2D eigenvalue weighted by Crippen LogP contribution is -2.51. The van der Waals surface area contributed by atoms with Gasteiger partial charge in [0.15, 0.2) is 0 Å². The van der Waals surface area contributed by atoms with E-state index < -0.39 is 17.8 Å². The van der Waals surface area contributed by atoms with Crippen molar-refractivity contribution in [3.8, 4) is 0 Å². The van der Waals surface area contributed by atoms with E-state index in [1.54, 1.807) is 6.92 Å². The van der Waals surface area contributed by atoms with Crippen LogP contribution in [0.25, 0.3) is 0 Å². The molecule has 2 amide bonds. The summed E-state index contributed by atoms with van der Waals surface area (Å²) in [5, 5.41) is 14.2. The molecule has 1 fully saturated rings. The summed E-state index contributed by atoms with van der Waals surface area (Å²) in [6, 6.07) is -0.610. The maximum absolute atomic E-state index is 12.0. The molecule has 128 valence electrons. The van der Waals surface area contributed by atoms with Gasteiger partial charge in [0.05, 0.1) is 6.04 Å². The van der Waals surface area contributed by atoms with E-state index in [1.165, 1.54) is 19.3 Å². The van der Waals surface area contributed by atoms with E-state index in [2.05, 4.69) is 10.6 Å². The molecule has 1 aliphatic carbocycles. The fourth-order valence-electron chi connectivity index (χ4n) is 2.92. The van der Waals surface area contributed by atoms with Crippen molar-refractivity contribution < 1.29 is 19.4 Å². The lowest BCUT2D eigenvalue weighted by Gasteiger charge is -2.31. The predicted molar refractivity (Wildman–Crippen MR) is 85.0 cm³/mol. The first kappa shape index (κ1) is 18.6. The molecule has 0 saturated heterocycles. The van der Waals surface area contributed by atoms with Gasteiger partial charge in [-0.2, -0.15) is 0 Å². The lowest BCUT2D eigenvalue weighted by molar-refractivity contribution is 0.0481. The highest BCUT2D eigenvalue weighted by molar-refractivity contribution is 5.69. The summed E-state index contributed by atoms with van der Waals surface area (Å²) in [5.41, 5.74) is -0.567. The third-order valence-corrected chi connectivity index (χ3v) is 3.97. The minimum absolute atomic E-state index is 0.256. The molecule has 0 spiro atoms. The number of alkyl carbamates (subject to hydrolysis) is 1. The lowest BCUT2D eigenvalue weighted by atomic mass is 9.83. The largest absolute Gasteiger partial charge is 0.465 e. The molecule has 0 bridgehead atoms. The fourth-order valence-corrected chi connectivity index (χ4v) is 2.92. The Labute approximate surface area is 133 Å². The Morgan fingerprint density at radius 1 is 1.18 bits per heavy atom. The number of hydrogen-bond donors (Lipinski definition) is 3. The van der Waals surface area contributed by atoms with Gasteiger partial charge in [-0.1, -0.05) is 32.1 Å². The van der Waals surface area contributed by atoms with Crippen molar-refractivity contribution in [2.75, 3.05) is 0 Å². The van der Waals surface area contributed by atoms with Crippen LogP contribution in [-0.2, 0) is 4.74 Å². The number of nitrogens with one attached hydrogen (secondary N) is 2. The molecule has 1 saturated carbocycles. The van der Waals surface area contributed by atoms with Gasteiger partial charge in [0.1, 0.15) is 5.60 Å². The van der Waals surface area contributed by atoms with Gasteiger partial charge in [0.2, 0.25) is 0 Å². The van der Waals surface area contributed by atoms with Crippen molar-refractivity contribution >= 4 is 12.2 Å². The first-order chi connectivity index (χ1) is 10.2. The second kappa shape index (κ2) is 8.25. The third kappa shape index (κ3) is 7.52. The minimum Gasteiger partial charge on any atom is -0.465 e. The van der Waals surface area contributed by atoms with Crippen LogP contribution < -0.4 is 10.6 Å². The van der Waals surface area contributed by atoms with Gasteiger partial charge < -0.3 is 20.5 Å². The molecule has 1 aliphatic rings. The Morgan fingerprint density at radius 3 is 2.27 bits per heavy atom. The highest BCUT2D eigenvalue weighted by Crippen LogP contribution is 2.28. The zero-order valence-corrected chi connectivity index (χ0v) is 14.1. The summed E-state index contributed by atoms with van der Waals surface area (Å²) in [5.74, 6) is 0.534. The standard InChI is InChI=1S/C16H30N2O4/c1-11(17-14(19)20)13(10-12-8-6-5-7-9-12)18-15(21)22-16(2,3)4/h11-13,17H,5-10H2,1-4H3,(H,18,21)(H,19,20)/t11-,13-/m0/s1. The second-order valence-corrected chi connectivity index (χ2v) is 7.23. The van der Waals surface area contributed by atoms with E-state index in [-0.39, 0.29) is 12.1 Å². The molecule has 0 aliphatic heterocycles. The molecule has 0 radical (unpaired) electrons. The van der Waals surface area contributed by atoms with Crippen LogP contribution in [0.4, 0.5) is 9.59 Å². The molecule has 0 heterocycles. The van der Waals surface area contributed by atoms with E-state index in [0.717, 1.165) is 19.3 Å². The monoisotopic (exact) mass is 314 g/mol. The average Bonchev–Trinajstić information content (AvgIpc) is 2.36. The first-order valence-corrected chi connectivity index (χ1v) is 8.16. The normalized spacial score (nSPS) is 19.1. The Bertz CT molecular complexity index is 373. The van der Waals surface area contributed by atoms with Gasteiger partial charge >= 0.3 is 12.2 Å². The Kier molecular flexibility index (Phi) is 6.97. The minimum atomic E-state index is -1.08. The van der Waals surface area contributed by atoms with Crippen LogP contribution in [-0.4, -0.2) is 35.0 Å². The van der Waals surface area contributed by atoms with Crippen molar-refractivity contribution in [1.29, 1.82) is 0 Å². The summed E-state index contributed by atoms with van der Waals surface area (Å²) in [4.78, 5) is 22.9. The highest BCUT2D eigenvalue weighted by atomic mass is 16.6. The number of hydrogen-bond acceptors (Lipinski definition) is 3. The third-order valence-electron chi connectivity index (χ3n) is 3.97. The molecular formula is C16H30N2O4. The van der Waals surface area contributed by atoms with Crippen LogP contribution >= 0.6 is 0 Å². The summed E-state index contributed by atoms with van der Waals surface area (Å²) in [6.07, 6.45) is 5.19. The van der Waals surface area contributed by atoms with Gasteiger partial charge in [-0.3, -0.25) is 0 Å². The van der Waals surface area contributed by atoms with Crippen LogP contribution in [0.1, 0.15) is 66.2 Å². The van der Waals surface area contributed by atoms with Gasteiger partial charge in [-0.05, 0) is 40.0 Å². The molecule has 0 aromatic heterocycles. The molecule has 3 N–H and O–H groups in total. The molecular weight excluding hydrogens is 284 g/mol. The van der Waals surface area contributed by atoms with Crippen LogP contribution in [0, 0.1) is 5.92 Å². The molecule has 22 heavy (non-hydrogen) atoms. The van der Waals surface area contributed by atoms with Crippen molar-refractivity contribution in [1.82, 2.24) is 10.6 Å². The van der Waals surface area contributed by atoms with Crippen molar-refractivity contribution in [2.45, 2.75) is 83.9 Å². The Hall–Kier alpha value is -1.46. The van der Waals surface area contributed by atoms with Crippen LogP contribution in [0.5, 0.6) is 0 Å². The zero-order chi connectivity index (χ0) is 16.8. The number of amides is 2. The van der Waals surface area contributed by atoms with Gasteiger partial charge in [-0.15, -0.1) is 0 Å². The van der Waals surface area contributed by atoms with E-state index in [4.69, 9.17) is 9.84 Å². The Balaban J connectivity index is 2.63. The van der Waals surface area contributed by atoms with Gasteiger partial charge in [-0.25, -0.2) is 9.59 Å². The topological polar surface area (TPSA) is 87.7 Å². The fraction of sp³-hybridized carbons (Fsp3) is 0.875. The Morgan fingerprint density at radius 2 is 1.77 bits per heavy atom. The van der Waals surface area contributed by atoms with Crippen LogP contribution in [0.15, 0.2) is 0 Å². The van der Waals surface area contributed by atoms with Gasteiger partial charge in [0.25, 0.3) is 0 Å². The molecule has 0 aromatic carbocycles. The number of carbonyl (C=O) groups excluding carboxylic acids is 1. The smallest absolute Gasteiger partial charge is 0.407 e. The zero-order valence-electron chi connectivity index (χ0n) is 14.1. The van der Waals surface area contributed by atoms with Gasteiger partial charge in [0, 0.05) is 6.04 Å². The van der Waals surface area contributed by atoms with E-state index in [0.29, 0.717) is 5.92 Å². The number of carboxylic acid groups (broad SMARTS) is 1.